The number of rotatable bonds is 5. The molecule has 8 nitrogen and oxygen atoms in total. The molecule has 0 aromatic heterocycles. The molecule has 0 radical (unpaired) electrons. The first-order chi connectivity index (χ1) is 11.9. The number of carbonyl (C=O) groups excluding carboxylic acids is 2. The van der Waals surface area contributed by atoms with Crippen LogP contribution in [-0.2, 0) is 4.79 Å². The summed E-state index contributed by atoms with van der Waals surface area (Å²) in [5.74, 6) is -1.10. The van der Waals surface area contributed by atoms with Crippen LogP contribution in [0.1, 0.15) is 10.4 Å². The summed E-state index contributed by atoms with van der Waals surface area (Å²) in [7, 11) is 0. The zero-order valence-electron chi connectivity index (χ0n) is 12.5. The van der Waals surface area contributed by atoms with Crippen LogP contribution in [0.5, 0.6) is 5.75 Å². The SMILES string of the molecule is O=C(COc1ccc(Cl)cc1Cl)NNC(=O)c1cccc([N+](=O)[O-])c1. The van der Waals surface area contributed by atoms with Crippen LogP contribution in [-0.4, -0.2) is 23.3 Å². The monoisotopic (exact) mass is 383 g/mol. The zero-order valence-corrected chi connectivity index (χ0v) is 14.0. The Morgan fingerprint density at radius 2 is 1.88 bits per heavy atom. The van der Waals surface area contributed by atoms with Gasteiger partial charge < -0.3 is 4.74 Å². The quantitative estimate of drug-likeness (QED) is 0.608. The number of hydrogen-bond donors (Lipinski definition) is 2. The third-order valence-electron chi connectivity index (χ3n) is 2.89. The van der Waals surface area contributed by atoms with Gasteiger partial charge in [-0.1, -0.05) is 29.3 Å². The van der Waals surface area contributed by atoms with E-state index in [4.69, 9.17) is 27.9 Å². The van der Waals surface area contributed by atoms with Crippen molar-refractivity contribution in [2.45, 2.75) is 0 Å². The Hall–Kier alpha value is -2.84. The largest absolute Gasteiger partial charge is 0.482 e. The minimum atomic E-state index is -0.707. The lowest BCUT2D eigenvalue weighted by Gasteiger charge is -2.10. The zero-order chi connectivity index (χ0) is 18.4. The van der Waals surface area contributed by atoms with Gasteiger partial charge in [-0.3, -0.25) is 30.6 Å². The number of amides is 2. The Morgan fingerprint density at radius 1 is 1.12 bits per heavy atom. The maximum absolute atomic E-state index is 11.9. The predicted molar refractivity (Wildman–Crippen MR) is 90.7 cm³/mol. The molecule has 10 heteroatoms. The lowest BCUT2D eigenvalue weighted by atomic mass is 10.2. The molecule has 0 fully saturated rings. The van der Waals surface area contributed by atoms with Gasteiger partial charge in [0, 0.05) is 22.7 Å². The van der Waals surface area contributed by atoms with Crippen molar-refractivity contribution >= 4 is 40.7 Å². The van der Waals surface area contributed by atoms with Crippen LogP contribution in [0.2, 0.25) is 10.0 Å². The average molecular weight is 384 g/mol. The summed E-state index contributed by atoms with van der Waals surface area (Å²) in [5, 5.41) is 11.3. The summed E-state index contributed by atoms with van der Waals surface area (Å²) in [4.78, 5) is 33.6. The minimum Gasteiger partial charge on any atom is -0.482 e. The summed E-state index contributed by atoms with van der Waals surface area (Å²) >= 11 is 11.6. The number of non-ortho nitro benzene ring substituents is 1. The fraction of sp³-hybridized carbons (Fsp3) is 0.0667. The molecule has 130 valence electrons. The Bertz CT molecular complexity index is 829. The number of hydrazine groups is 1. The smallest absolute Gasteiger partial charge is 0.276 e. The van der Waals surface area contributed by atoms with Gasteiger partial charge in [-0.05, 0) is 24.3 Å². The van der Waals surface area contributed by atoms with E-state index in [1.807, 2.05) is 0 Å². The molecule has 2 aromatic carbocycles. The lowest BCUT2D eigenvalue weighted by Crippen LogP contribution is -2.43. The first kappa shape index (κ1) is 18.5. The summed E-state index contributed by atoms with van der Waals surface area (Å²) in [6.07, 6.45) is 0. The molecule has 0 aliphatic heterocycles. The van der Waals surface area contributed by atoms with Gasteiger partial charge in [-0.15, -0.1) is 0 Å². The molecule has 0 bridgehead atoms. The molecule has 2 N–H and O–H groups in total. The molecular formula is C15H11Cl2N3O5. The van der Waals surface area contributed by atoms with Crippen LogP contribution in [0.15, 0.2) is 42.5 Å². The van der Waals surface area contributed by atoms with Gasteiger partial charge in [0.15, 0.2) is 6.61 Å². The van der Waals surface area contributed by atoms with Crippen LogP contribution >= 0.6 is 23.2 Å². The molecule has 0 spiro atoms. The van der Waals surface area contributed by atoms with E-state index in [0.29, 0.717) is 5.02 Å². The van der Waals surface area contributed by atoms with Gasteiger partial charge in [-0.25, -0.2) is 0 Å². The number of benzene rings is 2. The van der Waals surface area contributed by atoms with Gasteiger partial charge in [0.2, 0.25) is 0 Å². The minimum absolute atomic E-state index is 0.0242. The highest BCUT2D eigenvalue weighted by molar-refractivity contribution is 6.35. The number of ether oxygens (including phenoxy) is 1. The van der Waals surface area contributed by atoms with Crippen molar-refractivity contribution in [1.82, 2.24) is 10.9 Å². The first-order valence-electron chi connectivity index (χ1n) is 6.78. The van der Waals surface area contributed by atoms with Crippen LogP contribution in [0.4, 0.5) is 5.69 Å². The van der Waals surface area contributed by atoms with Crippen molar-refractivity contribution < 1.29 is 19.2 Å². The summed E-state index contributed by atoms with van der Waals surface area (Å²) < 4.78 is 5.20. The Morgan fingerprint density at radius 3 is 2.56 bits per heavy atom. The molecule has 0 saturated carbocycles. The standard InChI is InChI=1S/C15H11Cl2N3O5/c16-10-4-5-13(12(17)7-10)25-8-14(21)18-19-15(22)9-2-1-3-11(6-9)20(23)24/h1-7H,8H2,(H,18,21)(H,19,22). The molecule has 0 aliphatic rings. The Kier molecular flexibility index (Phi) is 6.15. The molecule has 0 aliphatic carbocycles. The number of carbonyl (C=O) groups is 2. The normalized spacial score (nSPS) is 10.0. The van der Waals surface area contributed by atoms with E-state index in [1.54, 1.807) is 6.07 Å². The number of hydrogen-bond acceptors (Lipinski definition) is 5. The average Bonchev–Trinajstić information content (AvgIpc) is 2.59. The van der Waals surface area contributed by atoms with Crippen molar-refractivity contribution in [1.29, 1.82) is 0 Å². The number of nitro groups is 1. The van der Waals surface area contributed by atoms with Gasteiger partial charge in [0.1, 0.15) is 5.75 Å². The molecule has 0 unspecified atom stereocenters. The number of nitro benzene ring substituents is 1. The second-order valence-electron chi connectivity index (χ2n) is 4.67. The topological polar surface area (TPSA) is 111 Å². The van der Waals surface area contributed by atoms with E-state index in [2.05, 4.69) is 10.9 Å². The third-order valence-corrected chi connectivity index (χ3v) is 3.42. The molecule has 2 rings (SSSR count). The number of halogens is 2. The van der Waals surface area contributed by atoms with E-state index >= 15 is 0 Å². The predicted octanol–water partition coefficient (Wildman–Crippen LogP) is 2.74. The summed E-state index contributed by atoms with van der Waals surface area (Å²) in [6.45, 7) is -0.406. The highest BCUT2D eigenvalue weighted by atomic mass is 35.5. The van der Waals surface area contributed by atoms with E-state index in [9.17, 15) is 19.7 Å². The second kappa shape index (κ2) is 8.32. The highest BCUT2D eigenvalue weighted by Crippen LogP contribution is 2.27. The molecule has 0 heterocycles. The van der Waals surface area contributed by atoms with E-state index in [1.165, 1.54) is 30.3 Å². The van der Waals surface area contributed by atoms with Crippen LogP contribution in [0.3, 0.4) is 0 Å². The highest BCUT2D eigenvalue weighted by Gasteiger charge is 2.12. The lowest BCUT2D eigenvalue weighted by molar-refractivity contribution is -0.384. The maximum Gasteiger partial charge on any atom is 0.276 e. The summed E-state index contributed by atoms with van der Waals surface area (Å²) in [6, 6.07) is 9.58. The number of nitrogens with zero attached hydrogens (tertiary/aromatic N) is 1. The number of nitrogens with one attached hydrogen (secondary N) is 2. The second-order valence-corrected chi connectivity index (χ2v) is 5.52. The van der Waals surface area contributed by atoms with Gasteiger partial charge in [-0.2, -0.15) is 0 Å². The van der Waals surface area contributed by atoms with E-state index < -0.39 is 23.3 Å². The van der Waals surface area contributed by atoms with E-state index in [-0.39, 0.29) is 22.0 Å². The fourth-order valence-corrected chi connectivity index (χ4v) is 2.19. The van der Waals surface area contributed by atoms with Crippen molar-refractivity contribution in [2.75, 3.05) is 6.61 Å². The first-order valence-corrected chi connectivity index (χ1v) is 7.54. The molecule has 25 heavy (non-hydrogen) atoms. The van der Waals surface area contributed by atoms with E-state index in [0.717, 1.165) is 6.07 Å². The molecular weight excluding hydrogens is 373 g/mol. The maximum atomic E-state index is 11.9. The fourth-order valence-electron chi connectivity index (χ4n) is 1.73. The van der Waals surface area contributed by atoms with Gasteiger partial charge in [0.05, 0.1) is 9.95 Å². The van der Waals surface area contributed by atoms with Crippen molar-refractivity contribution in [3.05, 3.63) is 68.2 Å². The third kappa shape index (κ3) is 5.33. The summed E-state index contributed by atoms with van der Waals surface area (Å²) in [5.41, 5.74) is 4.05. The Labute approximate surface area is 151 Å². The van der Waals surface area contributed by atoms with Crippen molar-refractivity contribution in [3.8, 4) is 5.75 Å². The molecule has 0 atom stereocenters. The van der Waals surface area contributed by atoms with Crippen molar-refractivity contribution in [3.63, 3.8) is 0 Å². The molecule has 2 amide bonds. The molecule has 2 aromatic rings. The van der Waals surface area contributed by atoms with Crippen LogP contribution in [0.25, 0.3) is 0 Å². The molecule has 0 saturated heterocycles. The van der Waals surface area contributed by atoms with Crippen LogP contribution < -0.4 is 15.6 Å². The van der Waals surface area contributed by atoms with Crippen LogP contribution in [0, 0.1) is 10.1 Å². The Balaban J connectivity index is 1.86. The van der Waals surface area contributed by atoms with Gasteiger partial charge >= 0.3 is 0 Å². The van der Waals surface area contributed by atoms with Crippen molar-refractivity contribution in [2.24, 2.45) is 0 Å². The van der Waals surface area contributed by atoms with Gasteiger partial charge in [0.25, 0.3) is 17.5 Å².